The zero-order chi connectivity index (χ0) is 15.1. The van der Waals surface area contributed by atoms with Crippen molar-refractivity contribution in [3.05, 3.63) is 41.2 Å². The number of pyridine rings is 1. The van der Waals surface area contributed by atoms with Crippen LogP contribution in [0.2, 0.25) is 5.02 Å². The maximum atomic E-state index is 13.0. The summed E-state index contributed by atoms with van der Waals surface area (Å²) >= 11 is 5.65. The van der Waals surface area contributed by atoms with Crippen LogP contribution < -0.4 is 0 Å². The molecule has 0 aliphatic rings. The first kappa shape index (κ1) is 14.8. The first-order valence-corrected chi connectivity index (χ1v) is 6.72. The van der Waals surface area contributed by atoms with Gasteiger partial charge in [-0.25, -0.2) is 4.98 Å². The lowest BCUT2D eigenvalue weighted by Gasteiger charge is -2.11. The van der Waals surface area contributed by atoms with E-state index in [4.69, 9.17) is 11.6 Å². The zero-order valence-electron chi connectivity index (χ0n) is 9.40. The molecule has 0 radical (unpaired) electrons. The van der Waals surface area contributed by atoms with Gasteiger partial charge in [0.1, 0.15) is 0 Å². The van der Waals surface area contributed by atoms with E-state index in [0.29, 0.717) is 12.3 Å². The molecule has 2 aromatic rings. The van der Waals surface area contributed by atoms with Crippen LogP contribution in [-0.2, 0) is 16.4 Å². The first-order valence-electron chi connectivity index (χ1n) is 4.96. The van der Waals surface area contributed by atoms with Gasteiger partial charge in [-0.3, -0.25) is 4.57 Å². The maximum absolute atomic E-state index is 13.0. The molecule has 0 saturated heterocycles. The van der Waals surface area contributed by atoms with Gasteiger partial charge < -0.3 is 0 Å². The van der Waals surface area contributed by atoms with Gasteiger partial charge in [0.05, 0.1) is 10.6 Å². The van der Waals surface area contributed by atoms with Gasteiger partial charge in [-0.05, 0) is 18.2 Å². The van der Waals surface area contributed by atoms with Gasteiger partial charge in [0.15, 0.2) is 10.8 Å². The molecular weight excluding hydrogens is 324 g/mol. The molecule has 108 valence electrons. The van der Waals surface area contributed by atoms with Crippen molar-refractivity contribution >= 4 is 21.8 Å². The molecule has 0 bridgehead atoms. The molecule has 0 spiro atoms. The van der Waals surface area contributed by atoms with Gasteiger partial charge in [-0.2, -0.15) is 21.6 Å². The fourth-order valence-electron chi connectivity index (χ4n) is 1.50. The average Bonchev–Trinajstić information content (AvgIpc) is 2.75. The molecule has 0 aliphatic carbocycles. The molecule has 2 heterocycles. The predicted molar refractivity (Wildman–Crippen MR) is 61.9 cm³/mol. The lowest BCUT2D eigenvalue weighted by molar-refractivity contribution is -0.137. The Morgan fingerprint density at radius 2 is 1.95 bits per heavy atom. The minimum atomic E-state index is -5.05. The number of aromatic nitrogens is 2. The van der Waals surface area contributed by atoms with Crippen molar-refractivity contribution < 1.29 is 25.5 Å². The third kappa shape index (κ3) is 2.78. The maximum Gasteiger partial charge on any atom is 0.417 e. The second kappa shape index (κ2) is 4.74. The largest absolute Gasteiger partial charge is 0.417 e. The molecule has 0 aliphatic heterocycles. The molecule has 4 nitrogen and oxygen atoms in total. The normalized spacial score (nSPS) is 12.7. The quantitative estimate of drug-likeness (QED) is 0.628. The summed E-state index contributed by atoms with van der Waals surface area (Å²) in [5.74, 6) is -0.319. The van der Waals surface area contributed by atoms with E-state index in [1.54, 1.807) is 0 Å². The first-order chi connectivity index (χ1) is 9.10. The van der Waals surface area contributed by atoms with Crippen molar-refractivity contribution in [2.75, 3.05) is 0 Å². The molecule has 0 fully saturated rings. The lowest BCUT2D eigenvalue weighted by atomic mass is 10.3. The van der Waals surface area contributed by atoms with Crippen LogP contribution in [0.1, 0.15) is 5.56 Å². The van der Waals surface area contributed by atoms with E-state index in [-0.39, 0.29) is 5.82 Å². The van der Waals surface area contributed by atoms with E-state index in [0.717, 1.165) is 16.8 Å². The molecular formula is C10H5ClF4N2O2S. The van der Waals surface area contributed by atoms with E-state index in [1.165, 1.54) is 6.07 Å². The smallest absolute Gasteiger partial charge is 0.288 e. The highest BCUT2D eigenvalue weighted by Crippen LogP contribution is 2.32. The van der Waals surface area contributed by atoms with Crippen molar-refractivity contribution in [2.45, 2.75) is 11.2 Å². The number of halogens is 5. The fraction of sp³-hybridized carbons (Fsp3) is 0.100. The highest BCUT2D eigenvalue weighted by Gasteiger charge is 2.32. The highest BCUT2D eigenvalue weighted by atomic mass is 35.5. The van der Waals surface area contributed by atoms with E-state index < -0.39 is 32.0 Å². The fourth-order valence-corrected chi connectivity index (χ4v) is 2.38. The summed E-state index contributed by atoms with van der Waals surface area (Å²) in [6.45, 7) is 0. The Hall–Kier alpha value is -1.61. The van der Waals surface area contributed by atoms with E-state index in [1.807, 2.05) is 0 Å². The highest BCUT2D eigenvalue weighted by molar-refractivity contribution is 7.86. The van der Waals surface area contributed by atoms with Crippen LogP contribution in [0.25, 0.3) is 5.82 Å². The Morgan fingerprint density at radius 1 is 1.30 bits per heavy atom. The summed E-state index contributed by atoms with van der Waals surface area (Å²) in [6.07, 6.45) is -3.04. The van der Waals surface area contributed by atoms with Crippen LogP contribution in [0.15, 0.2) is 35.6 Å². The molecule has 20 heavy (non-hydrogen) atoms. The van der Waals surface area contributed by atoms with Gasteiger partial charge in [-0.1, -0.05) is 15.5 Å². The van der Waals surface area contributed by atoms with Crippen molar-refractivity contribution in [3.8, 4) is 5.82 Å². The lowest BCUT2D eigenvalue weighted by Crippen LogP contribution is -2.09. The van der Waals surface area contributed by atoms with Crippen LogP contribution >= 0.6 is 11.6 Å². The summed E-state index contributed by atoms with van der Waals surface area (Å²) in [4.78, 5) is 3.44. The molecule has 0 atom stereocenters. The zero-order valence-corrected chi connectivity index (χ0v) is 11.0. The standard InChI is InChI=1S/C10H5ClF4N2O2S/c11-7-4-6(10(12,13)14)5-16-9(7)17-3-1-2-8(17)20(15,18)19/h1-5H. The number of rotatable bonds is 2. The Kier molecular flexibility index (Phi) is 3.51. The average molecular weight is 329 g/mol. The molecule has 0 N–H and O–H groups in total. The Labute approximate surface area is 115 Å². The van der Waals surface area contributed by atoms with Crippen molar-refractivity contribution in [1.29, 1.82) is 0 Å². The van der Waals surface area contributed by atoms with Crippen molar-refractivity contribution in [2.24, 2.45) is 0 Å². The van der Waals surface area contributed by atoms with Gasteiger partial charge in [0, 0.05) is 12.4 Å². The predicted octanol–water partition coefficient (Wildman–Crippen LogP) is 3.20. The van der Waals surface area contributed by atoms with Gasteiger partial charge >= 0.3 is 16.4 Å². The summed E-state index contributed by atoms with van der Waals surface area (Å²) < 4.78 is 72.9. The number of nitrogens with zero attached hydrogens (tertiary/aromatic N) is 2. The van der Waals surface area contributed by atoms with E-state index in [9.17, 15) is 25.5 Å². The van der Waals surface area contributed by atoms with Crippen LogP contribution in [0.5, 0.6) is 0 Å². The Balaban J connectivity index is 2.59. The second-order valence-corrected chi connectivity index (χ2v) is 5.38. The molecule has 0 saturated carbocycles. The number of alkyl halides is 3. The molecule has 2 aromatic heterocycles. The number of hydrogen-bond donors (Lipinski definition) is 0. The summed E-state index contributed by atoms with van der Waals surface area (Å²) in [6, 6.07) is 2.71. The third-order valence-electron chi connectivity index (χ3n) is 2.34. The SMILES string of the molecule is O=S(=O)(F)c1cccn1-c1ncc(C(F)(F)F)cc1Cl. The summed E-state index contributed by atoms with van der Waals surface area (Å²) in [5.41, 5.74) is -1.09. The van der Waals surface area contributed by atoms with Crippen LogP contribution in [0.3, 0.4) is 0 Å². The van der Waals surface area contributed by atoms with E-state index in [2.05, 4.69) is 4.98 Å². The third-order valence-corrected chi connectivity index (χ3v) is 3.45. The van der Waals surface area contributed by atoms with Crippen LogP contribution in [-0.4, -0.2) is 18.0 Å². The van der Waals surface area contributed by atoms with Crippen molar-refractivity contribution in [1.82, 2.24) is 9.55 Å². The van der Waals surface area contributed by atoms with Gasteiger partial charge in [0.2, 0.25) is 0 Å². The molecule has 0 amide bonds. The van der Waals surface area contributed by atoms with E-state index >= 15 is 0 Å². The summed E-state index contributed by atoms with van der Waals surface area (Å²) in [7, 11) is -5.05. The minimum absolute atomic E-state index is 0.319. The Bertz CT molecular complexity index is 755. The molecule has 0 unspecified atom stereocenters. The molecule has 0 aromatic carbocycles. The minimum Gasteiger partial charge on any atom is -0.288 e. The molecule has 2 rings (SSSR count). The second-order valence-electron chi connectivity index (χ2n) is 3.68. The monoisotopic (exact) mass is 328 g/mol. The topological polar surface area (TPSA) is 52.0 Å². The van der Waals surface area contributed by atoms with Crippen LogP contribution in [0.4, 0.5) is 17.1 Å². The van der Waals surface area contributed by atoms with Crippen molar-refractivity contribution in [3.63, 3.8) is 0 Å². The van der Waals surface area contributed by atoms with Gasteiger partial charge in [0.25, 0.3) is 0 Å². The Morgan fingerprint density at radius 3 is 2.45 bits per heavy atom. The number of hydrogen-bond acceptors (Lipinski definition) is 3. The van der Waals surface area contributed by atoms with Crippen LogP contribution in [0, 0.1) is 0 Å². The molecule has 10 heteroatoms. The summed E-state index contributed by atoms with van der Waals surface area (Å²) in [5, 5.41) is -1.23. The van der Waals surface area contributed by atoms with Gasteiger partial charge in [-0.15, -0.1) is 0 Å².